The number of hydrogen-bond acceptors (Lipinski definition) is 3. The van der Waals surface area contributed by atoms with Crippen LogP contribution in [0.1, 0.15) is 112 Å². The predicted octanol–water partition coefficient (Wildman–Crippen LogP) is 6.68. The summed E-state index contributed by atoms with van der Waals surface area (Å²) in [5, 5.41) is 0. The molecule has 26 heavy (non-hydrogen) atoms. The van der Waals surface area contributed by atoms with Crippen molar-refractivity contribution in [1.29, 1.82) is 0 Å². The standard InChI is InChI=1S/C23H44O3/c1-6-9-10-11-12-13-15-20(23(5,25-7-2)26-8-3)16-14-17-22(4)18-21(24)19-22/h20H,6-19H2,1-5H3. The van der Waals surface area contributed by atoms with Gasteiger partial charge in [0.1, 0.15) is 5.78 Å². The minimum absolute atomic E-state index is 0.259. The average molecular weight is 369 g/mol. The van der Waals surface area contributed by atoms with Crippen molar-refractivity contribution in [3.63, 3.8) is 0 Å². The molecule has 0 N–H and O–H groups in total. The Kier molecular flexibility index (Phi) is 11.0. The van der Waals surface area contributed by atoms with E-state index in [0.29, 0.717) is 24.9 Å². The Morgan fingerprint density at radius 3 is 2.00 bits per heavy atom. The quantitative estimate of drug-likeness (QED) is 0.225. The zero-order valence-corrected chi connectivity index (χ0v) is 18.2. The highest BCUT2D eigenvalue weighted by atomic mass is 16.7. The number of ether oxygens (including phenoxy) is 2. The van der Waals surface area contributed by atoms with Crippen molar-refractivity contribution >= 4 is 5.78 Å². The van der Waals surface area contributed by atoms with Crippen LogP contribution in [0.25, 0.3) is 0 Å². The maximum Gasteiger partial charge on any atom is 0.168 e. The molecule has 1 unspecified atom stereocenters. The first kappa shape index (κ1) is 23.6. The Morgan fingerprint density at radius 2 is 1.46 bits per heavy atom. The van der Waals surface area contributed by atoms with Gasteiger partial charge in [-0.3, -0.25) is 4.79 Å². The maximum atomic E-state index is 11.4. The Bertz CT molecular complexity index is 377. The van der Waals surface area contributed by atoms with Crippen LogP contribution in [0.4, 0.5) is 0 Å². The number of rotatable bonds is 16. The first-order valence-corrected chi connectivity index (χ1v) is 11.2. The predicted molar refractivity (Wildman–Crippen MR) is 109 cm³/mol. The van der Waals surface area contributed by atoms with E-state index >= 15 is 0 Å². The van der Waals surface area contributed by atoms with Gasteiger partial charge in [0, 0.05) is 32.0 Å². The molecule has 0 spiro atoms. The van der Waals surface area contributed by atoms with Gasteiger partial charge in [-0.2, -0.15) is 0 Å². The molecule has 1 aliphatic carbocycles. The lowest BCUT2D eigenvalue weighted by molar-refractivity contribution is -0.254. The molecule has 0 heterocycles. The number of Topliss-reactive ketones (excluding diaryl/α,β-unsaturated/α-hetero) is 1. The Hall–Kier alpha value is -0.410. The number of ketones is 1. The fraction of sp³-hybridized carbons (Fsp3) is 0.957. The van der Waals surface area contributed by atoms with Gasteiger partial charge in [-0.15, -0.1) is 0 Å². The average Bonchev–Trinajstić information content (AvgIpc) is 2.55. The van der Waals surface area contributed by atoms with Crippen LogP contribution in [0.15, 0.2) is 0 Å². The van der Waals surface area contributed by atoms with Crippen molar-refractivity contribution < 1.29 is 14.3 Å². The molecule has 1 fully saturated rings. The summed E-state index contributed by atoms with van der Waals surface area (Å²) in [6, 6.07) is 0. The second-order valence-electron chi connectivity index (χ2n) is 8.73. The van der Waals surface area contributed by atoms with Crippen LogP contribution in [0, 0.1) is 11.3 Å². The van der Waals surface area contributed by atoms with Gasteiger partial charge in [-0.25, -0.2) is 0 Å². The van der Waals surface area contributed by atoms with Gasteiger partial charge in [-0.1, -0.05) is 58.8 Å². The van der Waals surface area contributed by atoms with Crippen LogP contribution >= 0.6 is 0 Å². The van der Waals surface area contributed by atoms with Crippen molar-refractivity contribution in [2.45, 2.75) is 117 Å². The zero-order valence-electron chi connectivity index (χ0n) is 18.2. The Balaban J connectivity index is 2.51. The van der Waals surface area contributed by atoms with Crippen LogP contribution in [0.3, 0.4) is 0 Å². The van der Waals surface area contributed by atoms with Crippen LogP contribution in [0.5, 0.6) is 0 Å². The normalized spacial score (nSPS) is 18.0. The minimum Gasteiger partial charge on any atom is -0.350 e. The summed E-state index contributed by atoms with van der Waals surface area (Å²) in [5.41, 5.74) is 0.259. The first-order chi connectivity index (χ1) is 12.4. The Morgan fingerprint density at radius 1 is 0.923 bits per heavy atom. The van der Waals surface area contributed by atoms with E-state index in [2.05, 4.69) is 34.6 Å². The van der Waals surface area contributed by atoms with Crippen LogP contribution in [-0.2, 0) is 14.3 Å². The number of carbonyl (C=O) groups excluding carboxylic acids is 1. The molecule has 0 aromatic carbocycles. The highest BCUT2D eigenvalue weighted by molar-refractivity contribution is 5.85. The largest absolute Gasteiger partial charge is 0.350 e. The molecule has 1 saturated carbocycles. The summed E-state index contributed by atoms with van der Waals surface area (Å²) in [7, 11) is 0. The van der Waals surface area contributed by atoms with Crippen molar-refractivity contribution in [2.24, 2.45) is 11.3 Å². The molecule has 0 aromatic rings. The van der Waals surface area contributed by atoms with Gasteiger partial charge in [0.05, 0.1) is 0 Å². The van der Waals surface area contributed by atoms with Gasteiger partial charge < -0.3 is 9.47 Å². The summed E-state index contributed by atoms with van der Waals surface area (Å²) in [4.78, 5) is 11.4. The molecular formula is C23H44O3. The molecule has 3 heteroatoms. The van der Waals surface area contributed by atoms with Crippen LogP contribution in [-0.4, -0.2) is 24.8 Å². The third kappa shape index (κ3) is 8.08. The lowest BCUT2D eigenvalue weighted by Crippen LogP contribution is -2.41. The fourth-order valence-electron chi connectivity index (χ4n) is 4.54. The van der Waals surface area contributed by atoms with E-state index in [4.69, 9.17) is 9.47 Å². The molecule has 0 amide bonds. The lowest BCUT2D eigenvalue weighted by Gasteiger charge is -2.40. The zero-order chi connectivity index (χ0) is 19.5. The number of unbranched alkanes of at least 4 members (excludes halogenated alkanes) is 5. The van der Waals surface area contributed by atoms with E-state index in [9.17, 15) is 4.79 Å². The topological polar surface area (TPSA) is 35.5 Å². The van der Waals surface area contributed by atoms with Crippen LogP contribution in [0.2, 0.25) is 0 Å². The molecule has 0 aliphatic heterocycles. The van der Waals surface area contributed by atoms with E-state index in [1.54, 1.807) is 0 Å². The third-order valence-corrected chi connectivity index (χ3v) is 6.09. The van der Waals surface area contributed by atoms with Gasteiger partial charge in [-0.05, 0) is 45.4 Å². The second kappa shape index (κ2) is 12.1. The number of carbonyl (C=O) groups is 1. The monoisotopic (exact) mass is 368 g/mol. The summed E-state index contributed by atoms with van der Waals surface area (Å²) in [6.07, 6.45) is 14.1. The molecule has 0 bridgehead atoms. The van der Waals surface area contributed by atoms with Crippen molar-refractivity contribution in [2.75, 3.05) is 13.2 Å². The third-order valence-electron chi connectivity index (χ3n) is 6.09. The highest BCUT2D eigenvalue weighted by Gasteiger charge is 2.40. The highest BCUT2D eigenvalue weighted by Crippen LogP contribution is 2.43. The van der Waals surface area contributed by atoms with Crippen LogP contribution < -0.4 is 0 Å². The van der Waals surface area contributed by atoms with E-state index in [-0.39, 0.29) is 5.41 Å². The van der Waals surface area contributed by atoms with E-state index in [0.717, 1.165) is 25.7 Å². The van der Waals surface area contributed by atoms with Gasteiger partial charge in [0.2, 0.25) is 0 Å². The van der Waals surface area contributed by atoms with Crippen molar-refractivity contribution in [3.8, 4) is 0 Å². The first-order valence-electron chi connectivity index (χ1n) is 11.2. The molecule has 154 valence electrons. The summed E-state index contributed by atoms with van der Waals surface area (Å²) in [6.45, 7) is 12.2. The van der Waals surface area contributed by atoms with Crippen molar-refractivity contribution in [3.05, 3.63) is 0 Å². The smallest absolute Gasteiger partial charge is 0.168 e. The lowest BCUT2D eigenvalue weighted by atomic mass is 9.66. The van der Waals surface area contributed by atoms with Gasteiger partial charge >= 0.3 is 0 Å². The SMILES string of the molecule is CCCCCCCCC(CCCC1(C)CC(=O)C1)C(C)(OCC)OCC. The number of hydrogen-bond donors (Lipinski definition) is 0. The fourth-order valence-corrected chi connectivity index (χ4v) is 4.54. The Labute approximate surface area is 162 Å². The van der Waals surface area contributed by atoms with Crippen molar-refractivity contribution in [1.82, 2.24) is 0 Å². The summed E-state index contributed by atoms with van der Waals surface area (Å²) >= 11 is 0. The molecule has 0 saturated heterocycles. The maximum absolute atomic E-state index is 11.4. The molecule has 3 nitrogen and oxygen atoms in total. The van der Waals surface area contributed by atoms with Gasteiger partial charge in [0.25, 0.3) is 0 Å². The summed E-state index contributed by atoms with van der Waals surface area (Å²) in [5.74, 6) is 0.404. The van der Waals surface area contributed by atoms with E-state index < -0.39 is 5.79 Å². The molecule has 0 aromatic heterocycles. The molecular weight excluding hydrogens is 324 g/mol. The second-order valence-corrected chi connectivity index (χ2v) is 8.73. The molecule has 0 radical (unpaired) electrons. The molecule has 1 aliphatic rings. The van der Waals surface area contributed by atoms with E-state index in [1.807, 2.05) is 0 Å². The molecule has 1 rings (SSSR count). The molecule has 1 atom stereocenters. The van der Waals surface area contributed by atoms with Gasteiger partial charge in [0.15, 0.2) is 5.79 Å². The summed E-state index contributed by atoms with van der Waals surface area (Å²) < 4.78 is 12.2. The van der Waals surface area contributed by atoms with E-state index in [1.165, 1.54) is 51.4 Å². The minimum atomic E-state index is -0.469.